The molecule has 2 aromatic heterocycles. The minimum Gasteiger partial charge on any atom is -0.474 e. The molecule has 4 rings (SSSR count). The summed E-state index contributed by atoms with van der Waals surface area (Å²) < 4.78 is 36.0. The van der Waals surface area contributed by atoms with E-state index in [1.807, 2.05) is 0 Å². The van der Waals surface area contributed by atoms with Crippen molar-refractivity contribution in [3.05, 3.63) is 39.6 Å². The highest BCUT2D eigenvalue weighted by Gasteiger charge is 2.47. The average Bonchev–Trinajstić information content (AvgIpc) is 3.49. The Morgan fingerprint density at radius 3 is 2.63 bits per heavy atom. The number of pyridine rings is 2. The summed E-state index contributed by atoms with van der Waals surface area (Å²) in [7, 11) is -1.51. The van der Waals surface area contributed by atoms with Crippen molar-refractivity contribution in [2.75, 3.05) is 13.7 Å². The molecular formula is C19H22ClN5O4S. The summed E-state index contributed by atoms with van der Waals surface area (Å²) in [6.45, 7) is 1.90. The highest BCUT2D eigenvalue weighted by Crippen LogP contribution is 2.41. The zero-order valence-electron chi connectivity index (χ0n) is 16.7. The summed E-state index contributed by atoms with van der Waals surface area (Å²) in [4.78, 5) is 11.5. The second kappa shape index (κ2) is 7.85. The molecule has 2 aliphatic rings. The highest BCUT2D eigenvalue weighted by atomic mass is 35.5. The van der Waals surface area contributed by atoms with Gasteiger partial charge in [-0.15, -0.1) is 0 Å². The molecule has 2 aromatic rings. The SMILES string of the molecule is COC[C@@](C)(N=[N+]=[N-])c1cnc(OC2CC(S(=O)(=O)C3CC3)C2)c2cnc(Cl)cc12. The minimum atomic E-state index is -3.03. The number of sulfone groups is 1. The summed E-state index contributed by atoms with van der Waals surface area (Å²) in [5.74, 6) is 0.353. The molecule has 2 fully saturated rings. The largest absolute Gasteiger partial charge is 0.474 e. The topological polar surface area (TPSA) is 127 Å². The molecule has 2 aliphatic carbocycles. The number of rotatable bonds is 8. The standard InChI is InChI=1S/C19H22ClN5O4S/c1-19(10-28-2,24-25-21)16-9-23-18(15-8-22-17(20)7-14(15)16)29-11-5-13(6-11)30(26,27)12-3-4-12/h7-9,11-13H,3-6,10H2,1-2H3/t11?,13?,19-/m1/s1. The number of aromatic nitrogens is 2. The fraction of sp³-hybridized carbons (Fsp3) is 0.579. The number of azide groups is 1. The number of nitrogens with zero attached hydrogens (tertiary/aromatic N) is 5. The number of halogens is 1. The normalized spacial score (nSPS) is 23.3. The maximum atomic E-state index is 12.4. The van der Waals surface area contributed by atoms with Gasteiger partial charge in [0.1, 0.15) is 11.3 Å². The van der Waals surface area contributed by atoms with Crippen molar-refractivity contribution in [2.45, 2.75) is 54.7 Å². The van der Waals surface area contributed by atoms with Crippen LogP contribution in [0, 0.1) is 0 Å². The summed E-state index contributed by atoms with van der Waals surface area (Å²) >= 11 is 6.12. The molecule has 30 heavy (non-hydrogen) atoms. The van der Waals surface area contributed by atoms with Crippen molar-refractivity contribution < 1.29 is 17.9 Å². The monoisotopic (exact) mass is 451 g/mol. The molecule has 0 aromatic carbocycles. The summed E-state index contributed by atoms with van der Waals surface area (Å²) in [6.07, 6.45) is 5.40. The molecule has 0 amide bonds. The zero-order valence-corrected chi connectivity index (χ0v) is 18.2. The lowest BCUT2D eigenvalue weighted by atomic mass is 9.91. The van der Waals surface area contributed by atoms with Gasteiger partial charge in [-0.25, -0.2) is 18.4 Å². The van der Waals surface area contributed by atoms with Crippen molar-refractivity contribution in [3.8, 4) is 5.88 Å². The van der Waals surface area contributed by atoms with Gasteiger partial charge in [0.2, 0.25) is 5.88 Å². The smallest absolute Gasteiger partial charge is 0.223 e. The second-order valence-electron chi connectivity index (χ2n) is 8.05. The van der Waals surface area contributed by atoms with E-state index in [1.165, 1.54) is 7.11 Å². The molecule has 11 heteroatoms. The first-order valence-electron chi connectivity index (χ1n) is 9.68. The van der Waals surface area contributed by atoms with Crippen LogP contribution in [0.3, 0.4) is 0 Å². The Kier molecular flexibility index (Phi) is 5.52. The third-order valence-corrected chi connectivity index (χ3v) is 8.68. The first-order chi connectivity index (χ1) is 14.3. The predicted octanol–water partition coefficient (Wildman–Crippen LogP) is 3.94. The van der Waals surface area contributed by atoms with Gasteiger partial charge in [0, 0.05) is 37.3 Å². The molecule has 2 heterocycles. The minimum absolute atomic E-state index is 0.150. The van der Waals surface area contributed by atoms with Gasteiger partial charge >= 0.3 is 0 Å². The fourth-order valence-electron chi connectivity index (χ4n) is 3.86. The van der Waals surface area contributed by atoms with E-state index in [0.29, 0.717) is 35.1 Å². The number of hydrogen-bond acceptors (Lipinski definition) is 7. The Hall–Kier alpha value is -2.13. The van der Waals surface area contributed by atoms with Crippen molar-refractivity contribution in [1.82, 2.24) is 9.97 Å². The van der Waals surface area contributed by atoms with Gasteiger partial charge in [0.15, 0.2) is 9.84 Å². The van der Waals surface area contributed by atoms with E-state index in [0.717, 1.165) is 12.8 Å². The maximum Gasteiger partial charge on any atom is 0.223 e. The Labute approximate surface area is 179 Å². The van der Waals surface area contributed by atoms with E-state index in [-0.39, 0.29) is 28.4 Å². The lowest BCUT2D eigenvalue weighted by Gasteiger charge is -2.35. The van der Waals surface area contributed by atoms with Crippen molar-refractivity contribution in [1.29, 1.82) is 0 Å². The Bertz CT molecular complexity index is 1130. The van der Waals surface area contributed by atoms with Crippen LogP contribution in [-0.2, 0) is 20.1 Å². The van der Waals surface area contributed by atoms with Crippen LogP contribution in [0.15, 0.2) is 23.6 Å². The van der Waals surface area contributed by atoms with E-state index in [9.17, 15) is 8.42 Å². The van der Waals surface area contributed by atoms with Crippen molar-refractivity contribution >= 4 is 32.2 Å². The van der Waals surface area contributed by atoms with Crippen LogP contribution in [0.5, 0.6) is 5.88 Å². The predicted molar refractivity (Wildman–Crippen MR) is 112 cm³/mol. The third-order valence-electron chi connectivity index (χ3n) is 5.76. The van der Waals surface area contributed by atoms with Crippen molar-refractivity contribution in [2.24, 2.45) is 5.11 Å². The van der Waals surface area contributed by atoms with Crippen LogP contribution in [0.2, 0.25) is 5.15 Å². The zero-order chi connectivity index (χ0) is 21.5. The first-order valence-corrected chi connectivity index (χ1v) is 11.7. The average molecular weight is 452 g/mol. The highest BCUT2D eigenvalue weighted by molar-refractivity contribution is 7.93. The van der Waals surface area contributed by atoms with E-state index in [4.69, 9.17) is 26.6 Å². The molecule has 0 unspecified atom stereocenters. The van der Waals surface area contributed by atoms with Gasteiger partial charge in [-0.05, 0) is 42.3 Å². The van der Waals surface area contributed by atoms with Gasteiger partial charge in [-0.2, -0.15) is 0 Å². The summed E-state index contributed by atoms with van der Waals surface area (Å²) in [5.41, 5.74) is 8.67. The molecule has 0 saturated heterocycles. The maximum absolute atomic E-state index is 12.4. The molecule has 0 bridgehead atoms. The van der Waals surface area contributed by atoms with Gasteiger partial charge in [0.25, 0.3) is 0 Å². The van der Waals surface area contributed by atoms with E-state index < -0.39 is 15.4 Å². The molecule has 9 nitrogen and oxygen atoms in total. The van der Waals surface area contributed by atoms with E-state index >= 15 is 0 Å². The molecule has 0 aliphatic heterocycles. The van der Waals surface area contributed by atoms with Gasteiger partial charge in [0.05, 0.1) is 28.0 Å². The third kappa shape index (κ3) is 3.80. The van der Waals surface area contributed by atoms with Crippen molar-refractivity contribution in [3.63, 3.8) is 0 Å². The van der Waals surface area contributed by atoms with Crippen LogP contribution in [0.4, 0.5) is 0 Å². The van der Waals surface area contributed by atoms with Crippen LogP contribution in [-0.4, -0.2) is 48.7 Å². The molecule has 0 spiro atoms. The summed E-state index contributed by atoms with van der Waals surface area (Å²) in [6, 6.07) is 1.67. The fourth-order valence-corrected chi connectivity index (χ4v) is 6.32. The number of fused-ring (bicyclic) bond motifs is 1. The molecule has 0 radical (unpaired) electrons. The number of methoxy groups -OCH3 is 1. The van der Waals surface area contributed by atoms with Crippen LogP contribution in [0.25, 0.3) is 21.2 Å². The molecular weight excluding hydrogens is 430 g/mol. The molecule has 160 valence electrons. The van der Waals surface area contributed by atoms with Crippen LogP contribution >= 0.6 is 11.6 Å². The molecule has 2 saturated carbocycles. The lowest BCUT2D eigenvalue weighted by molar-refractivity contribution is 0.119. The van der Waals surface area contributed by atoms with Gasteiger partial charge in [-0.3, -0.25) is 0 Å². The second-order valence-corrected chi connectivity index (χ2v) is 10.9. The lowest BCUT2D eigenvalue weighted by Crippen LogP contribution is -2.44. The van der Waals surface area contributed by atoms with Crippen LogP contribution < -0.4 is 4.74 Å². The summed E-state index contributed by atoms with van der Waals surface area (Å²) in [5, 5.41) is 5.01. The van der Waals surface area contributed by atoms with E-state index in [2.05, 4.69) is 20.0 Å². The Balaban J connectivity index is 1.64. The Morgan fingerprint density at radius 1 is 1.27 bits per heavy atom. The van der Waals surface area contributed by atoms with Gasteiger partial charge in [-0.1, -0.05) is 16.7 Å². The number of hydrogen-bond donors (Lipinski definition) is 0. The van der Waals surface area contributed by atoms with Gasteiger partial charge < -0.3 is 9.47 Å². The first kappa shape index (κ1) is 21.1. The molecule has 0 N–H and O–H groups in total. The number of ether oxygens (including phenoxy) is 2. The molecule has 1 atom stereocenters. The Morgan fingerprint density at radius 2 is 2.00 bits per heavy atom. The van der Waals surface area contributed by atoms with Crippen LogP contribution in [0.1, 0.15) is 38.2 Å². The quantitative estimate of drug-likeness (QED) is 0.259. The van der Waals surface area contributed by atoms with E-state index in [1.54, 1.807) is 25.4 Å².